The highest BCUT2D eigenvalue weighted by Crippen LogP contribution is 2.29. The fraction of sp³-hybridized carbons (Fsp3) is 0.562. The molecule has 1 aliphatic rings. The monoisotopic (exact) mass is 462 g/mol. The van der Waals surface area contributed by atoms with Crippen molar-refractivity contribution in [2.45, 2.75) is 45.1 Å². The Labute approximate surface area is 159 Å². The van der Waals surface area contributed by atoms with E-state index in [1.165, 1.54) is 0 Å². The summed E-state index contributed by atoms with van der Waals surface area (Å²) in [7, 11) is 0. The topological polar surface area (TPSA) is 59.7 Å². The van der Waals surface area contributed by atoms with Crippen LogP contribution in [0.15, 0.2) is 12.3 Å². The second-order valence-corrected chi connectivity index (χ2v) is 8.55. The highest BCUT2D eigenvalue weighted by Gasteiger charge is 2.29. The van der Waals surface area contributed by atoms with Crippen LogP contribution >= 0.6 is 34.2 Å². The van der Waals surface area contributed by atoms with Gasteiger partial charge in [0, 0.05) is 19.0 Å². The van der Waals surface area contributed by atoms with Crippen LogP contribution in [0.4, 0.5) is 4.79 Å². The summed E-state index contributed by atoms with van der Waals surface area (Å²) < 4.78 is 8.07. The van der Waals surface area contributed by atoms with Gasteiger partial charge in [0.15, 0.2) is 5.65 Å². The van der Waals surface area contributed by atoms with Crippen molar-refractivity contribution >= 4 is 45.9 Å². The minimum atomic E-state index is -0.488. The molecule has 0 radical (unpaired) electrons. The number of rotatable bonds is 1. The summed E-state index contributed by atoms with van der Waals surface area (Å²) in [5.41, 5.74) is 1.17. The van der Waals surface area contributed by atoms with Gasteiger partial charge in [0.05, 0.1) is 15.5 Å². The van der Waals surface area contributed by atoms with Crippen molar-refractivity contribution in [2.24, 2.45) is 0 Å². The summed E-state index contributed by atoms with van der Waals surface area (Å²) in [6.45, 7) is 6.94. The maximum absolute atomic E-state index is 12.3. The van der Waals surface area contributed by atoms with Gasteiger partial charge < -0.3 is 9.64 Å². The molecule has 1 atom stereocenters. The molecule has 1 unspecified atom stereocenters. The molecule has 1 aliphatic heterocycles. The van der Waals surface area contributed by atoms with Crippen LogP contribution in [-0.2, 0) is 4.74 Å². The van der Waals surface area contributed by atoms with Crippen LogP contribution in [0.25, 0.3) is 5.65 Å². The Bertz CT molecular complexity index is 771. The highest BCUT2D eigenvalue weighted by molar-refractivity contribution is 14.1. The summed E-state index contributed by atoms with van der Waals surface area (Å²) >= 11 is 8.53. The van der Waals surface area contributed by atoms with Crippen molar-refractivity contribution in [3.63, 3.8) is 0 Å². The number of amides is 1. The molecule has 0 saturated carbocycles. The van der Waals surface area contributed by atoms with Gasteiger partial charge in [0.2, 0.25) is 0 Å². The number of likely N-dealkylation sites (tertiary alicyclic amines) is 1. The first kappa shape index (κ1) is 17.7. The summed E-state index contributed by atoms with van der Waals surface area (Å²) in [5.74, 6) is 0.152. The third-order valence-electron chi connectivity index (χ3n) is 3.90. The second-order valence-electron chi connectivity index (χ2n) is 7.00. The Kier molecular flexibility index (Phi) is 4.92. The van der Waals surface area contributed by atoms with Crippen molar-refractivity contribution in [1.82, 2.24) is 19.5 Å². The van der Waals surface area contributed by atoms with E-state index in [1.54, 1.807) is 15.6 Å². The zero-order chi connectivity index (χ0) is 17.5. The Morgan fingerprint density at radius 3 is 2.92 bits per heavy atom. The average Bonchev–Trinajstić information content (AvgIpc) is 2.88. The predicted molar refractivity (Wildman–Crippen MR) is 100 cm³/mol. The van der Waals surface area contributed by atoms with E-state index in [4.69, 9.17) is 21.3 Å². The number of carbonyl (C=O) groups excluding carboxylic acids is 1. The number of aromatic nitrogens is 3. The molecule has 1 fully saturated rings. The minimum Gasteiger partial charge on any atom is -0.444 e. The van der Waals surface area contributed by atoms with Crippen LogP contribution < -0.4 is 0 Å². The lowest BCUT2D eigenvalue weighted by Gasteiger charge is -2.34. The average molecular weight is 463 g/mol. The number of halogens is 2. The molecule has 3 rings (SSSR count). The van der Waals surface area contributed by atoms with Crippen molar-refractivity contribution < 1.29 is 9.53 Å². The minimum absolute atomic E-state index is 0.152. The summed E-state index contributed by atoms with van der Waals surface area (Å²) in [5, 5.41) is 4.75. The van der Waals surface area contributed by atoms with Gasteiger partial charge in [0.1, 0.15) is 10.8 Å². The maximum Gasteiger partial charge on any atom is 0.410 e. The molecule has 8 heteroatoms. The zero-order valence-corrected chi connectivity index (χ0v) is 16.8. The lowest BCUT2D eigenvalue weighted by molar-refractivity contribution is 0.0197. The number of nitrogens with zero attached hydrogens (tertiary/aromatic N) is 4. The van der Waals surface area contributed by atoms with Crippen LogP contribution in [0.1, 0.15) is 45.2 Å². The first-order valence-corrected chi connectivity index (χ1v) is 9.38. The van der Waals surface area contributed by atoms with E-state index in [2.05, 4.69) is 27.7 Å². The van der Waals surface area contributed by atoms with Gasteiger partial charge >= 0.3 is 6.09 Å². The molecule has 1 saturated heterocycles. The predicted octanol–water partition coefficient (Wildman–Crippen LogP) is 4.10. The highest BCUT2D eigenvalue weighted by atomic mass is 127. The van der Waals surface area contributed by atoms with Gasteiger partial charge in [-0.1, -0.05) is 11.6 Å². The number of fused-ring (bicyclic) bond motifs is 1. The van der Waals surface area contributed by atoms with Crippen molar-refractivity contribution in [3.8, 4) is 0 Å². The molecule has 2 aromatic heterocycles. The van der Waals surface area contributed by atoms with Crippen molar-refractivity contribution in [3.05, 3.63) is 26.7 Å². The van der Waals surface area contributed by atoms with E-state index in [0.29, 0.717) is 18.2 Å². The third kappa shape index (κ3) is 3.77. The van der Waals surface area contributed by atoms with Crippen LogP contribution in [0.5, 0.6) is 0 Å². The van der Waals surface area contributed by atoms with Gasteiger partial charge in [-0.25, -0.2) is 14.3 Å². The molecule has 130 valence electrons. The van der Waals surface area contributed by atoms with E-state index < -0.39 is 5.60 Å². The van der Waals surface area contributed by atoms with Crippen molar-refractivity contribution in [2.75, 3.05) is 13.1 Å². The summed E-state index contributed by atoms with van der Waals surface area (Å²) in [6, 6.07) is 1.85. The molecule has 0 aromatic carbocycles. The molecule has 0 aliphatic carbocycles. The van der Waals surface area contributed by atoms with E-state index in [-0.39, 0.29) is 12.0 Å². The Morgan fingerprint density at radius 1 is 1.46 bits per heavy atom. The molecular weight excluding hydrogens is 443 g/mol. The fourth-order valence-corrected chi connectivity index (χ4v) is 3.55. The first-order chi connectivity index (χ1) is 11.2. The number of ether oxygens (including phenoxy) is 1. The van der Waals surface area contributed by atoms with Gasteiger partial charge in [-0.05, 0) is 62.3 Å². The van der Waals surface area contributed by atoms with Gasteiger partial charge in [0.25, 0.3) is 0 Å². The van der Waals surface area contributed by atoms with E-state index >= 15 is 0 Å². The van der Waals surface area contributed by atoms with Crippen LogP contribution in [0, 0.1) is 3.57 Å². The largest absolute Gasteiger partial charge is 0.444 e. The smallest absolute Gasteiger partial charge is 0.410 e. The standard InChI is InChI=1S/C16H20ClIN4O2/c1-16(2,3)24-15(23)21-6-4-5-10(9-21)12-7-13(17)22-14(20-12)11(18)8-19-22/h7-8,10H,4-6,9H2,1-3H3. The Balaban J connectivity index is 1.82. The molecule has 2 aromatic rings. The van der Waals surface area contributed by atoms with Gasteiger partial charge in [-0.15, -0.1) is 0 Å². The Hall–Kier alpha value is -1.09. The van der Waals surface area contributed by atoms with E-state index in [9.17, 15) is 4.79 Å². The van der Waals surface area contributed by atoms with Crippen LogP contribution in [0.2, 0.25) is 5.15 Å². The van der Waals surface area contributed by atoms with Gasteiger partial charge in [-0.2, -0.15) is 5.10 Å². The number of hydrogen-bond acceptors (Lipinski definition) is 4. The lowest BCUT2D eigenvalue weighted by Crippen LogP contribution is -2.42. The van der Waals surface area contributed by atoms with Crippen LogP contribution in [-0.4, -0.2) is 44.3 Å². The molecule has 6 nitrogen and oxygen atoms in total. The summed E-state index contributed by atoms with van der Waals surface area (Å²) in [4.78, 5) is 18.8. The number of hydrogen-bond donors (Lipinski definition) is 0. The van der Waals surface area contributed by atoms with Gasteiger partial charge in [-0.3, -0.25) is 0 Å². The molecule has 0 spiro atoms. The number of piperidine rings is 1. The quantitative estimate of drug-likeness (QED) is 0.473. The number of carbonyl (C=O) groups is 1. The molecule has 3 heterocycles. The maximum atomic E-state index is 12.3. The normalized spacial score (nSPS) is 18.9. The molecular formula is C16H20ClIN4O2. The third-order valence-corrected chi connectivity index (χ3v) is 4.93. The molecule has 0 N–H and O–H groups in total. The van der Waals surface area contributed by atoms with E-state index in [0.717, 1.165) is 27.8 Å². The fourth-order valence-electron chi connectivity index (χ4n) is 2.84. The SMILES string of the molecule is CC(C)(C)OC(=O)N1CCCC(c2cc(Cl)n3ncc(I)c3n2)C1. The molecule has 1 amide bonds. The molecule has 0 bridgehead atoms. The lowest BCUT2D eigenvalue weighted by atomic mass is 9.95. The van der Waals surface area contributed by atoms with Crippen LogP contribution in [0.3, 0.4) is 0 Å². The first-order valence-electron chi connectivity index (χ1n) is 7.92. The Morgan fingerprint density at radius 2 is 2.21 bits per heavy atom. The van der Waals surface area contributed by atoms with Crippen molar-refractivity contribution in [1.29, 1.82) is 0 Å². The summed E-state index contributed by atoms with van der Waals surface area (Å²) in [6.07, 6.45) is 3.37. The molecule has 24 heavy (non-hydrogen) atoms. The zero-order valence-electron chi connectivity index (χ0n) is 13.9. The van der Waals surface area contributed by atoms with E-state index in [1.807, 2.05) is 26.8 Å². The second kappa shape index (κ2) is 6.67.